The zero-order chi connectivity index (χ0) is 19.4. The zero-order valence-corrected chi connectivity index (χ0v) is 16.9. The molecule has 0 fully saturated rings. The average Bonchev–Trinajstić information content (AvgIpc) is 3.14. The van der Waals surface area contributed by atoms with E-state index < -0.39 is 0 Å². The Bertz CT molecular complexity index is 817. The number of carbonyl (C=O) groups excluding carboxylic acids is 2. The van der Waals surface area contributed by atoms with Crippen LogP contribution in [-0.2, 0) is 20.7 Å². The summed E-state index contributed by atoms with van der Waals surface area (Å²) in [6.07, 6.45) is 0.860. The third-order valence-electron chi connectivity index (χ3n) is 5.10. The first-order valence-electron chi connectivity index (χ1n) is 9.24. The number of fused-ring (bicyclic) bond motifs is 1. The number of aryl methyl sites for hydroxylation is 1. The van der Waals surface area contributed by atoms with Crippen LogP contribution in [0, 0.1) is 6.92 Å². The summed E-state index contributed by atoms with van der Waals surface area (Å²) in [4.78, 5) is 30.2. The number of hydrogen-bond acceptors (Lipinski definition) is 4. The van der Waals surface area contributed by atoms with Gasteiger partial charge < -0.3 is 14.5 Å². The van der Waals surface area contributed by atoms with Gasteiger partial charge in [0.2, 0.25) is 11.8 Å². The van der Waals surface area contributed by atoms with Gasteiger partial charge in [0.1, 0.15) is 6.61 Å². The molecule has 0 unspecified atom stereocenters. The highest BCUT2D eigenvalue weighted by molar-refractivity contribution is 7.10. The number of amides is 2. The molecule has 0 saturated heterocycles. The molecule has 1 aromatic heterocycles. The number of nitrogens with zero attached hydrogens (tertiary/aromatic N) is 2. The van der Waals surface area contributed by atoms with Gasteiger partial charge in [0, 0.05) is 25.1 Å². The minimum absolute atomic E-state index is 0.00296. The SMILES string of the molecule is CCN(CC(=O)N1CCc2sccc2[C@H]1c1ccccc1C)C(=O)COC. The van der Waals surface area contributed by atoms with Crippen LogP contribution in [0.4, 0.5) is 0 Å². The monoisotopic (exact) mass is 386 g/mol. The van der Waals surface area contributed by atoms with E-state index in [1.165, 1.54) is 23.1 Å². The Hall–Kier alpha value is -2.18. The van der Waals surface area contributed by atoms with Crippen molar-refractivity contribution in [2.24, 2.45) is 0 Å². The molecule has 5 nitrogen and oxygen atoms in total. The molecule has 1 aliphatic heterocycles. The third kappa shape index (κ3) is 4.06. The van der Waals surface area contributed by atoms with Crippen molar-refractivity contribution >= 4 is 23.2 Å². The van der Waals surface area contributed by atoms with E-state index in [-0.39, 0.29) is 31.0 Å². The molecule has 0 bridgehead atoms. The van der Waals surface area contributed by atoms with Crippen molar-refractivity contribution < 1.29 is 14.3 Å². The van der Waals surface area contributed by atoms with Gasteiger partial charge in [-0.3, -0.25) is 9.59 Å². The molecule has 2 heterocycles. The van der Waals surface area contributed by atoms with Crippen LogP contribution in [0.2, 0.25) is 0 Å². The molecule has 0 radical (unpaired) electrons. The van der Waals surface area contributed by atoms with Gasteiger partial charge in [-0.15, -0.1) is 11.3 Å². The van der Waals surface area contributed by atoms with Crippen molar-refractivity contribution in [3.63, 3.8) is 0 Å². The Labute approximate surface area is 164 Å². The quantitative estimate of drug-likeness (QED) is 0.767. The summed E-state index contributed by atoms with van der Waals surface area (Å²) in [7, 11) is 1.49. The molecule has 1 atom stereocenters. The smallest absolute Gasteiger partial charge is 0.249 e. The summed E-state index contributed by atoms with van der Waals surface area (Å²) in [6, 6.07) is 10.3. The van der Waals surface area contributed by atoms with Crippen molar-refractivity contribution in [2.75, 3.05) is 33.4 Å². The van der Waals surface area contributed by atoms with E-state index in [1.807, 2.05) is 24.0 Å². The Balaban J connectivity index is 1.90. The number of hydrogen-bond donors (Lipinski definition) is 0. The van der Waals surface area contributed by atoms with Gasteiger partial charge in [-0.1, -0.05) is 24.3 Å². The first kappa shape index (κ1) is 19.6. The number of benzene rings is 1. The Morgan fingerprint density at radius 3 is 2.74 bits per heavy atom. The fraction of sp³-hybridized carbons (Fsp3) is 0.429. The lowest BCUT2D eigenvalue weighted by molar-refractivity contribution is -0.143. The molecular weight excluding hydrogens is 360 g/mol. The molecule has 0 spiro atoms. The molecule has 2 amide bonds. The summed E-state index contributed by atoms with van der Waals surface area (Å²) in [5.74, 6) is -0.180. The van der Waals surface area contributed by atoms with Crippen LogP contribution < -0.4 is 0 Å². The second-order valence-corrected chi connectivity index (χ2v) is 7.74. The lowest BCUT2D eigenvalue weighted by Crippen LogP contribution is -2.47. The van der Waals surface area contributed by atoms with Crippen LogP contribution in [0.1, 0.15) is 34.5 Å². The van der Waals surface area contributed by atoms with Crippen LogP contribution in [0.15, 0.2) is 35.7 Å². The molecular formula is C21H26N2O3S. The van der Waals surface area contributed by atoms with E-state index in [0.717, 1.165) is 12.0 Å². The minimum Gasteiger partial charge on any atom is -0.375 e. The van der Waals surface area contributed by atoms with Crippen LogP contribution >= 0.6 is 11.3 Å². The Morgan fingerprint density at radius 2 is 2.04 bits per heavy atom. The van der Waals surface area contributed by atoms with E-state index in [9.17, 15) is 9.59 Å². The van der Waals surface area contributed by atoms with Crippen molar-refractivity contribution in [1.82, 2.24) is 9.80 Å². The summed E-state index contributed by atoms with van der Waals surface area (Å²) >= 11 is 1.75. The fourth-order valence-corrected chi connectivity index (χ4v) is 4.56. The Morgan fingerprint density at radius 1 is 1.26 bits per heavy atom. The number of carbonyl (C=O) groups is 2. The van der Waals surface area contributed by atoms with Crippen LogP contribution in [0.3, 0.4) is 0 Å². The molecule has 1 aromatic carbocycles. The van der Waals surface area contributed by atoms with Crippen molar-refractivity contribution in [3.05, 3.63) is 57.3 Å². The topological polar surface area (TPSA) is 49.9 Å². The highest BCUT2D eigenvalue weighted by Gasteiger charge is 2.34. The minimum atomic E-state index is -0.158. The second kappa shape index (κ2) is 8.67. The predicted octanol–water partition coefficient (Wildman–Crippen LogP) is 3.03. The molecule has 0 aliphatic carbocycles. The molecule has 1 aliphatic rings. The maximum Gasteiger partial charge on any atom is 0.249 e. The molecule has 2 aromatic rings. The van der Waals surface area contributed by atoms with Gasteiger partial charge in [0.15, 0.2) is 0 Å². The molecule has 27 heavy (non-hydrogen) atoms. The molecule has 0 saturated carbocycles. The molecule has 144 valence electrons. The highest BCUT2D eigenvalue weighted by atomic mass is 32.1. The zero-order valence-electron chi connectivity index (χ0n) is 16.1. The predicted molar refractivity (Wildman–Crippen MR) is 107 cm³/mol. The lowest BCUT2D eigenvalue weighted by Gasteiger charge is -2.38. The highest BCUT2D eigenvalue weighted by Crippen LogP contribution is 2.38. The van der Waals surface area contributed by atoms with E-state index in [1.54, 1.807) is 16.2 Å². The van der Waals surface area contributed by atoms with Crippen LogP contribution in [-0.4, -0.2) is 55.0 Å². The number of thiophene rings is 1. The van der Waals surface area contributed by atoms with E-state index >= 15 is 0 Å². The summed E-state index contributed by atoms with van der Waals surface area (Å²) in [5.41, 5.74) is 3.53. The van der Waals surface area contributed by atoms with Crippen LogP contribution in [0.25, 0.3) is 0 Å². The number of ether oxygens (including phenoxy) is 1. The summed E-state index contributed by atoms with van der Waals surface area (Å²) < 4.78 is 4.94. The first-order chi connectivity index (χ1) is 13.1. The van der Waals surface area contributed by atoms with E-state index in [4.69, 9.17) is 4.74 Å². The van der Waals surface area contributed by atoms with Gasteiger partial charge in [-0.05, 0) is 48.4 Å². The number of likely N-dealkylation sites (N-methyl/N-ethyl adjacent to an activating group) is 1. The fourth-order valence-electron chi connectivity index (χ4n) is 3.66. The van der Waals surface area contributed by atoms with Gasteiger partial charge in [0.25, 0.3) is 0 Å². The van der Waals surface area contributed by atoms with Crippen molar-refractivity contribution in [2.45, 2.75) is 26.3 Å². The standard InChI is InChI=1S/C21H26N2O3S/c1-4-22(20(25)14-26-3)13-19(24)23-11-9-18-17(10-12-27-18)21(23)16-8-6-5-7-15(16)2/h5-8,10,12,21H,4,9,11,13-14H2,1-3H3/t21-/m1/s1. The van der Waals surface area contributed by atoms with E-state index in [2.05, 4.69) is 30.5 Å². The van der Waals surface area contributed by atoms with Crippen molar-refractivity contribution in [1.29, 1.82) is 0 Å². The maximum atomic E-state index is 13.2. The maximum absolute atomic E-state index is 13.2. The second-order valence-electron chi connectivity index (χ2n) is 6.74. The average molecular weight is 387 g/mol. The largest absolute Gasteiger partial charge is 0.375 e. The molecule has 3 rings (SSSR count). The Kier molecular flexibility index (Phi) is 6.29. The number of methoxy groups -OCH3 is 1. The summed E-state index contributed by atoms with van der Waals surface area (Å²) in [6.45, 7) is 5.20. The summed E-state index contributed by atoms with van der Waals surface area (Å²) in [5, 5.41) is 2.10. The van der Waals surface area contributed by atoms with Gasteiger partial charge in [-0.2, -0.15) is 0 Å². The van der Waals surface area contributed by atoms with Gasteiger partial charge in [0.05, 0.1) is 12.6 Å². The van der Waals surface area contributed by atoms with Crippen molar-refractivity contribution in [3.8, 4) is 0 Å². The van der Waals surface area contributed by atoms with E-state index in [0.29, 0.717) is 13.1 Å². The normalized spacial score (nSPS) is 16.1. The van der Waals surface area contributed by atoms with Gasteiger partial charge >= 0.3 is 0 Å². The lowest BCUT2D eigenvalue weighted by atomic mass is 9.90. The molecule has 0 N–H and O–H groups in total. The number of rotatable bonds is 6. The third-order valence-corrected chi connectivity index (χ3v) is 6.09. The first-order valence-corrected chi connectivity index (χ1v) is 10.1. The van der Waals surface area contributed by atoms with Crippen LogP contribution in [0.5, 0.6) is 0 Å². The van der Waals surface area contributed by atoms with Gasteiger partial charge in [-0.25, -0.2) is 0 Å². The molecule has 6 heteroatoms.